The first-order valence-corrected chi connectivity index (χ1v) is 3.97. The minimum Gasteiger partial charge on any atom is -0.339 e. The summed E-state index contributed by atoms with van der Waals surface area (Å²) in [7, 11) is 0. The number of carbonyl (C=O) groups excluding carboxylic acids is 2. The fourth-order valence-electron chi connectivity index (χ4n) is 1.27. The lowest BCUT2D eigenvalue weighted by Gasteiger charge is -2.33. The molecule has 1 aliphatic rings. The SMILES string of the molecule is [CH2]C(=O)N1CCN(C(C)=O)CC1. The van der Waals surface area contributed by atoms with Gasteiger partial charge in [0.15, 0.2) is 0 Å². The Morgan fingerprint density at radius 2 is 1.50 bits per heavy atom. The monoisotopic (exact) mass is 169 g/mol. The Bertz CT molecular complexity index is 173. The molecule has 0 N–H and O–H groups in total. The van der Waals surface area contributed by atoms with Crippen molar-refractivity contribution in [1.82, 2.24) is 9.80 Å². The lowest BCUT2D eigenvalue weighted by molar-refractivity contribution is -0.135. The van der Waals surface area contributed by atoms with E-state index in [0.717, 1.165) is 0 Å². The third-order valence-electron chi connectivity index (χ3n) is 2.08. The second-order valence-corrected chi connectivity index (χ2v) is 2.89. The van der Waals surface area contributed by atoms with Crippen LogP contribution in [0.15, 0.2) is 0 Å². The normalized spacial score (nSPS) is 17.8. The standard InChI is InChI=1S/C8H13N2O2/c1-7(11)9-3-5-10(6-4-9)8(2)12/h1,3-6H2,2H3. The molecule has 1 fully saturated rings. The van der Waals surface area contributed by atoms with Gasteiger partial charge in [-0.05, 0) is 0 Å². The molecule has 12 heavy (non-hydrogen) atoms. The van der Waals surface area contributed by atoms with Gasteiger partial charge in [-0.2, -0.15) is 0 Å². The summed E-state index contributed by atoms with van der Waals surface area (Å²) in [5, 5.41) is 0. The van der Waals surface area contributed by atoms with E-state index in [4.69, 9.17) is 0 Å². The summed E-state index contributed by atoms with van der Waals surface area (Å²) in [5.41, 5.74) is 0. The van der Waals surface area contributed by atoms with E-state index in [1.165, 1.54) is 0 Å². The first-order chi connectivity index (χ1) is 5.61. The van der Waals surface area contributed by atoms with Crippen molar-refractivity contribution in [2.24, 2.45) is 0 Å². The van der Waals surface area contributed by atoms with Gasteiger partial charge in [0.25, 0.3) is 0 Å². The highest BCUT2D eigenvalue weighted by atomic mass is 16.2. The number of amides is 2. The van der Waals surface area contributed by atoms with Gasteiger partial charge in [0, 0.05) is 40.0 Å². The Labute approximate surface area is 72.1 Å². The number of nitrogens with zero attached hydrogens (tertiary/aromatic N) is 2. The van der Waals surface area contributed by atoms with Crippen LogP contribution >= 0.6 is 0 Å². The van der Waals surface area contributed by atoms with Gasteiger partial charge < -0.3 is 9.80 Å². The maximum absolute atomic E-state index is 10.9. The summed E-state index contributed by atoms with van der Waals surface area (Å²) in [6.45, 7) is 7.36. The fraction of sp³-hybridized carbons (Fsp3) is 0.625. The molecule has 1 radical (unpaired) electrons. The number of hydrogen-bond acceptors (Lipinski definition) is 2. The summed E-state index contributed by atoms with van der Waals surface area (Å²) >= 11 is 0. The Balaban J connectivity index is 2.39. The molecular weight excluding hydrogens is 156 g/mol. The van der Waals surface area contributed by atoms with E-state index in [-0.39, 0.29) is 11.8 Å². The van der Waals surface area contributed by atoms with Crippen LogP contribution in [-0.2, 0) is 9.59 Å². The molecule has 0 unspecified atom stereocenters. The molecule has 0 saturated carbocycles. The van der Waals surface area contributed by atoms with E-state index in [1.54, 1.807) is 16.7 Å². The average molecular weight is 169 g/mol. The molecule has 0 spiro atoms. The smallest absolute Gasteiger partial charge is 0.223 e. The van der Waals surface area contributed by atoms with Crippen molar-refractivity contribution in [2.75, 3.05) is 26.2 Å². The Kier molecular flexibility index (Phi) is 2.68. The molecular formula is C8H13N2O2. The third kappa shape index (κ3) is 1.96. The van der Waals surface area contributed by atoms with Crippen LogP contribution in [0.25, 0.3) is 0 Å². The molecule has 1 saturated heterocycles. The van der Waals surface area contributed by atoms with E-state index in [0.29, 0.717) is 26.2 Å². The van der Waals surface area contributed by atoms with Gasteiger partial charge in [-0.25, -0.2) is 0 Å². The van der Waals surface area contributed by atoms with Crippen molar-refractivity contribution in [2.45, 2.75) is 6.92 Å². The molecule has 1 rings (SSSR count). The molecule has 0 atom stereocenters. The highest BCUT2D eigenvalue weighted by Crippen LogP contribution is 2.01. The molecule has 0 aromatic carbocycles. The zero-order valence-electron chi connectivity index (χ0n) is 7.25. The molecule has 67 valence electrons. The van der Waals surface area contributed by atoms with E-state index >= 15 is 0 Å². The second-order valence-electron chi connectivity index (χ2n) is 2.89. The second kappa shape index (κ2) is 3.56. The maximum Gasteiger partial charge on any atom is 0.223 e. The predicted molar refractivity (Wildman–Crippen MR) is 44.2 cm³/mol. The van der Waals surface area contributed by atoms with Gasteiger partial charge in [0.2, 0.25) is 11.8 Å². The summed E-state index contributed by atoms with van der Waals surface area (Å²) in [5.74, 6) is -0.0793. The van der Waals surface area contributed by atoms with E-state index in [1.807, 2.05) is 0 Å². The van der Waals surface area contributed by atoms with Gasteiger partial charge in [-0.15, -0.1) is 0 Å². The fourth-order valence-corrected chi connectivity index (χ4v) is 1.27. The zero-order chi connectivity index (χ0) is 9.14. The molecule has 1 heterocycles. The Morgan fingerprint density at radius 3 is 1.83 bits per heavy atom. The molecule has 4 nitrogen and oxygen atoms in total. The van der Waals surface area contributed by atoms with Gasteiger partial charge >= 0.3 is 0 Å². The van der Waals surface area contributed by atoms with Crippen LogP contribution in [0.2, 0.25) is 0 Å². The topological polar surface area (TPSA) is 40.6 Å². The highest BCUT2D eigenvalue weighted by molar-refractivity contribution is 5.80. The lowest BCUT2D eigenvalue weighted by Crippen LogP contribution is -2.49. The van der Waals surface area contributed by atoms with Crippen molar-refractivity contribution >= 4 is 11.8 Å². The van der Waals surface area contributed by atoms with Crippen molar-refractivity contribution in [1.29, 1.82) is 0 Å². The predicted octanol–water partition coefficient (Wildman–Crippen LogP) is -0.489. The quantitative estimate of drug-likeness (QED) is 0.491. The third-order valence-corrected chi connectivity index (χ3v) is 2.08. The van der Waals surface area contributed by atoms with Crippen molar-refractivity contribution < 1.29 is 9.59 Å². The van der Waals surface area contributed by atoms with E-state index in [2.05, 4.69) is 6.92 Å². The van der Waals surface area contributed by atoms with Crippen molar-refractivity contribution in [3.05, 3.63) is 6.92 Å². The number of piperazine rings is 1. The van der Waals surface area contributed by atoms with Crippen LogP contribution in [0.4, 0.5) is 0 Å². The van der Waals surface area contributed by atoms with Crippen molar-refractivity contribution in [3.63, 3.8) is 0 Å². The molecule has 1 aliphatic heterocycles. The summed E-state index contributed by atoms with van der Waals surface area (Å²) in [4.78, 5) is 25.1. The molecule has 0 aromatic rings. The minimum absolute atomic E-state index is 0.0751. The minimum atomic E-state index is -0.154. The summed E-state index contributed by atoms with van der Waals surface area (Å²) in [6, 6.07) is 0. The Morgan fingerprint density at radius 1 is 1.08 bits per heavy atom. The molecule has 2 amide bonds. The molecule has 0 aliphatic carbocycles. The van der Waals surface area contributed by atoms with Gasteiger partial charge in [0.05, 0.1) is 0 Å². The zero-order valence-corrected chi connectivity index (χ0v) is 7.25. The largest absolute Gasteiger partial charge is 0.339 e. The van der Waals surface area contributed by atoms with Gasteiger partial charge in [-0.3, -0.25) is 9.59 Å². The van der Waals surface area contributed by atoms with Gasteiger partial charge in [0.1, 0.15) is 0 Å². The van der Waals surface area contributed by atoms with Crippen LogP contribution in [0.3, 0.4) is 0 Å². The lowest BCUT2D eigenvalue weighted by atomic mass is 10.3. The summed E-state index contributed by atoms with van der Waals surface area (Å²) in [6.07, 6.45) is 0. The average Bonchev–Trinajstić information content (AvgIpc) is 2.04. The number of carbonyl (C=O) groups is 2. The van der Waals surface area contributed by atoms with Crippen molar-refractivity contribution in [3.8, 4) is 0 Å². The van der Waals surface area contributed by atoms with Crippen LogP contribution in [0, 0.1) is 6.92 Å². The number of hydrogen-bond donors (Lipinski definition) is 0. The van der Waals surface area contributed by atoms with E-state index in [9.17, 15) is 9.59 Å². The first kappa shape index (κ1) is 9.03. The van der Waals surface area contributed by atoms with Crippen LogP contribution in [0.1, 0.15) is 6.92 Å². The molecule has 0 bridgehead atoms. The Hall–Kier alpha value is -1.06. The van der Waals surface area contributed by atoms with Crippen LogP contribution in [-0.4, -0.2) is 47.8 Å². The maximum atomic E-state index is 10.9. The highest BCUT2D eigenvalue weighted by Gasteiger charge is 2.19. The number of rotatable bonds is 0. The molecule has 4 heteroatoms. The van der Waals surface area contributed by atoms with Crippen LogP contribution < -0.4 is 0 Å². The van der Waals surface area contributed by atoms with Crippen LogP contribution in [0.5, 0.6) is 0 Å². The first-order valence-electron chi connectivity index (χ1n) is 3.97. The summed E-state index contributed by atoms with van der Waals surface area (Å²) < 4.78 is 0. The molecule has 0 aromatic heterocycles. The van der Waals surface area contributed by atoms with E-state index < -0.39 is 0 Å². The van der Waals surface area contributed by atoms with Gasteiger partial charge in [-0.1, -0.05) is 0 Å².